The highest BCUT2D eigenvalue weighted by Crippen LogP contribution is 2.25. The van der Waals surface area contributed by atoms with Gasteiger partial charge in [-0.15, -0.1) is 0 Å². The summed E-state index contributed by atoms with van der Waals surface area (Å²) in [5, 5.41) is 2.88. The van der Waals surface area contributed by atoms with Gasteiger partial charge >= 0.3 is 0 Å². The standard InChI is InChI=1S/C18H18BrFN2O2/c1-12-10-14(22-6-8-24-9-7-22)3-5-17(12)21-18(23)15-4-2-13(20)11-16(15)19/h2-5,10-11H,6-9H2,1H3,(H,21,23). The maximum Gasteiger partial charge on any atom is 0.256 e. The summed E-state index contributed by atoms with van der Waals surface area (Å²) in [6.07, 6.45) is 0. The molecule has 1 aliphatic rings. The van der Waals surface area contributed by atoms with E-state index in [9.17, 15) is 9.18 Å². The van der Waals surface area contributed by atoms with Crippen LogP contribution in [0.2, 0.25) is 0 Å². The minimum atomic E-state index is -0.385. The average molecular weight is 393 g/mol. The second-order valence-electron chi connectivity index (χ2n) is 5.68. The molecular formula is C18H18BrFN2O2. The van der Waals surface area contributed by atoms with Crippen molar-refractivity contribution < 1.29 is 13.9 Å². The first kappa shape index (κ1) is 16.9. The fourth-order valence-electron chi connectivity index (χ4n) is 2.67. The van der Waals surface area contributed by atoms with Crippen molar-refractivity contribution >= 4 is 33.2 Å². The number of rotatable bonds is 3. The van der Waals surface area contributed by atoms with E-state index in [4.69, 9.17) is 4.74 Å². The summed E-state index contributed by atoms with van der Waals surface area (Å²) in [6.45, 7) is 5.16. The molecule has 126 valence electrons. The number of nitrogens with one attached hydrogen (secondary N) is 1. The second kappa shape index (κ2) is 7.32. The SMILES string of the molecule is Cc1cc(N2CCOCC2)ccc1NC(=O)c1ccc(F)cc1Br. The third-order valence-corrected chi connectivity index (χ3v) is 4.67. The lowest BCUT2D eigenvalue weighted by Crippen LogP contribution is -2.36. The Bertz CT molecular complexity index is 761. The first-order valence-electron chi connectivity index (χ1n) is 7.74. The number of ether oxygens (including phenoxy) is 1. The van der Waals surface area contributed by atoms with E-state index in [1.807, 2.05) is 19.1 Å². The lowest BCUT2D eigenvalue weighted by Gasteiger charge is -2.29. The molecular weight excluding hydrogens is 375 g/mol. The number of carbonyl (C=O) groups is 1. The van der Waals surface area contributed by atoms with Crippen LogP contribution < -0.4 is 10.2 Å². The largest absolute Gasteiger partial charge is 0.378 e. The van der Waals surface area contributed by atoms with Crippen molar-refractivity contribution in [2.24, 2.45) is 0 Å². The number of benzene rings is 2. The molecule has 0 saturated carbocycles. The van der Waals surface area contributed by atoms with E-state index in [0.717, 1.165) is 43.2 Å². The first-order valence-corrected chi connectivity index (χ1v) is 8.53. The molecule has 24 heavy (non-hydrogen) atoms. The average Bonchev–Trinajstić information content (AvgIpc) is 2.57. The normalized spacial score (nSPS) is 14.5. The molecule has 0 bridgehead atoms. The Kier molecular flexibility index (Phi) is 5.16. The van der Waals surface area contributed by atoms with Crippen LogP contribution in [0, 0.1) is 12.7 Å². The number of amides is 1. The summed E-state index contributed by atoms with van der Waals surface area (Å²) in [5.74, 6) is -0.659. The van der Waals surface area contributed by atoms with Crippen molar-refractivity contribution in [3.63, 3.8) is 0 Å². The molecule has 0 aliphatic carbocycles. The highest BCUT2D eigenvalue weighted by atomic mass is 79.9. The maximum absolute atomic E-state index is 13.1. The molecule has 3 rings (SSSR count). The van der Waals surface area contributed by atoms with Crippen LogP contribution in [0.5, 0.6) is 0 Å². The molecule has 2 aromatic rings. The Morgan fingerprint density at radius 2 is 1.96 bits per heavy atom. The van der Waals surface area contributed by atoms with Gasteiger partial charge < -0.3 is 15.0 Å². The molecule has 1 N–H and O–H groups in total. The van der Waals surface area contributed by atoms with Crippen molar-refractivity contribution in [1.82, 2.24) is 0 Å². The summed E-state index contributed by atoms with van der Waals surface area (Å²) in [6, 6.07) is 9.97. The molecule has 2 aromatic carbocycles. The predicted octanol–water partition coefficient (Wildman–Crippen LogP) is 3.99. The number of hydrogen-bond acceptors (Lipinski definition) is 3. The van der Waals surface area contributed by atoms with Gasteiger partial charge in [-0.25, -0.2) is 4.39 Å². The van der Waals surface area contributed by atoms with Crippen LogP contribution in [0.15, 0.2) is 40.9 Å². The minimum Gasteiger partial charge on any atom is -0.378 e. The Balaban J connectivity index is 1.76. The predicted molar refractivity (Wildman–Crippen MR) is 96.3 cm³/mol. The molecule has 0 unspecified atom stereocenters. The number of hydrogen-bond donors (Lipinski definition) is 1. The third-order valence-electron chi connectivity index (χ3n) is 4.01. The molecule has 6 heteroatoms. The Labute approximate surface area is 148 Å². The zero-order chi connectivity index (χ0) is 17.1. The van der Waals surface area contributed by atoms with Crippen LogP contribution in [0.4, 0.5) is 15.8 Å². The lowest BCUT2D eigenvalue weighted by molar-refractivity contribution is 0.102. The van der Waals surface area contributed by atoms with Crippen molar-refractivity contribution in [3.05, 3.63) is 57.8 Å². The molecule has 0 spiro atoms. The maximum atomic E-state index is 13.1. The first-order chi connectivity index (χ1) is 11.5. The van der Waals surface area contributed by atoms with Crippen LogP contribution in [0.25, 0.3) is 0 Å². The lowest BCUT2D eigenvalue weighted by atomic mass is 10.1. The third kappa shape index (κ3) is 3.76. The molecule has 0 atom stereocenters. The topological polar surface area (TPSA) is 41.6 Å². The fraction of sp³-hybridized carbons (Fsp3) is 0.278. The van der Waals surface area contributed by atoms with E-state index in [0.29, 0.717) is 10.0 Å². The van der Waals surface area contributed by atoms with Gasteiger partial charge in [0.15, 0.2) is 0 Å². The van der Waals surface area contributed by atoms with E-state index in [-0.39, 0.29) is 11.7 Å². The summed E-state index contributed by atoms with van der Waals surface area (Å²) >= 11 is 3.22. The number of nitrogens with zero attached hydrogens (tertiary/aromatic N) is 1. The van der Waals surface area contributed by atoms with E-state index < -0.39 is 0 Å². The number of halogens is 2. The minimum absolute atomic E-state index is 0.274. The van der Waals surface area contributed by atoms with Crippen LogP contribution in [-0.4, -0.2) is 32.2 Å². The Morgan fingerprint density at radius 3 is 2.62 bits per heavy atom. The van der Waals surface area contributed by atoms with Gasteiger partial charge in [0.05, 0.1) is 18.8 Å². The van der Waals surface area contributed by atoms with Gasteiger partial charge in [-0.3, -0.25) is 4.79 Å². The van der Waals surface area contributed by atoms with Crippen molar-refractivity contribution in [3.8, 4) is 0 Å². The summed E-state index contributed by atoms with van der Waals surface area (Å²) in [7, 11) is 0. The fourth-order valence-corrected chi connectivity index (χ4v) is 3.20. The second-order valence-corrected chi connectivity index (χ2v) is 6.53. The molecule has 4 nitrogen and oxygen atoms in total. The van der Waals surface area contributed by atoms with Gasteiger partial charge in [-0.2, -0.15) is 0 Å². The van der Waals surface area contributed by atoms with E-state index in [2.05, 4.69) is 32.2 Å². The van der Waals surface area contributed by atoms with Gasteiger partial charge in [-0.05, 0) is 64.8 Å². The van der Waals surface area contributed by atoms with Crippen molar-refractivity contribution in [2.45, 2.75) is 6.92 Å². The van der Waals surface area contributed by atoms with E-state index in [1.165, 1.54) is 18.2 Å². The van der Waals surface area contributed by atoms with Crippen LogP contribution >= 0.6 is 15.9 Å². The van der Waals surface area contributed by atoms with Gasteiger partial charge in [-0.1, -0.05) is 0 Å². The Morgan fingerprint density at radius 1 is 1.21 bits per heavy atom. The zero-order valence-corrected chi connectivity index (χ0v) is 14.9. The molecule has 1 aliphatic heterocycles. The number of anilines is 2. The molecule has 1 saturated heterocycles. The molecule has 1 heterocycles. The highest BCUT2D eigenvalue weighted by Gasteiger charge is 2.15. The molecule has 1 amide bonds. The van der Waals surface area contributed by atoms with Gasteiger partial charge in [0, 0.05) is 28.9 Å². The van der Waals surface area contributed by atoms with Crippen LogP contribution in [0.1, 0.15) is 15.9 Å². The van der Waals surface area contributed by atoms with Crippen LogP contribution in [-0.2, 0) is 4.74 Å². The summed E-state index contributed by atoms with van der Waals surface area (Å²) < 4.78 is 18.9. The number of carbonyl (C=O) groups excluding carboxylic acids is 1. The van der Waals surface area contributed by atoms with Gasteiger partial charge in [0.2, 0.25) is 0 Å². The summed E-state index contributed by atoms with van der Waals surface area (Å²) in [5.41, 5.74) is 3.24. The molecule has 1 fully saturated rings. The molecule has 0 radical (unpaired) electrons. The van der Waals surface area contributed by atoms with E-state index >= 15 is 0 Å². The Hall–Kier alpha value is -1.92. The number of morpholine rings is 1. The zero-order valence-electron chi connectivity index (χ0n) is 13.3. The van der Waals surface area contributed by atoms with Gasteiger partial charge in [0.25, 0.3) is 5.91 Å². The smallest absolute Gasteiger partial charge is 0.256 e. The summed E-state index contributed by atoms with van der Waals surface area (Å²) in [4.78, 5) is 14.7. The molecule has 0 aromatic heterocycles. The van der Waals surface area contributed by atoms with Crippen LogP contribution in [0.3, 0.4) is 0 Å². The van der Waals surface area contributed by atoms with Crippen molar-refractivity contribution in [1.29, 1.82) is 0 Å². The monoisotopic (exact) mass is 392 g/mol. The van der Waals surface area contributed by atoms with E-state index in [1.54, 1.807) is 0 Å². The van der Waals surface area contributed by atoms with Gasteiger partial charge in [0.1, 0.15) is 5.82 Å². The highest BCUT2D eigenvalue weighted by molar-refractivity contribution is 9.10. The number of aryl methyl sites for hydroxylation is 1. The quantitative estimate of drug-likeness (QED) is 0.858. The van der Waals surface area contributed by atoms with Crippen molar-refractivity contribution in [2.75, 3.05) is 36.5 Å².